The lowest BCUT2D eigenvalue weighted by atomic mass is 9.79. The minimum atomic E-state index is -1.42. The van der Waals surface area contributed by atoms with Crippen molar-refractivity contribution in [1.29, 1.82) is 0 Å². The van der Waals surface area contributed by atoms with Gasteiger partial charge in [0.2, 0.25) is 0 Å². The summed E-state index contributed by atoms with van der Waals surface area (Å²) in [5, 5.41) is 18.2. The van der Waals surface area contributed by atoms with Crippen LogP contribution in [0.5, 0.6) is 0 Å². The van der Waals surface area contributed by atoms with Gasteiger partial charge in [-0.2, -0.15) is 0 Å². The Hall–Kier alpha value is -1.53. The second-order valence-electron chi connectivity index (χ2n) is 7.23. The molecule has 1 aliphatic heterocycles. The van der Waals surface area contributed by atoms with Crippen molar-refractivity contribution >= 4 is 18.7 Å². The highest BCUT2D eigenvalue weighted by molar-refractivity contribution is 6.58. The van der Waals surface area contributed by atoms with Crippen molar-refractivity contribution < 1.29 is 19.6 Å². The Morgan fingerprint density at radius 2 is 1.78 bits per heavy atom. The van der Waals surface area contributed by atoms with Crippen LogP contribution in [0.25, 0.3) is 0 Å². The lowest BCUT2D eigenvalue weighted by molar-refractivity contribution is 0.0184. The highest BCUT2D eigenvalue weighted by Gasteiger charge is 2.26. The molecular formula is C17H26BNO4. The summed E-state index contributed by atoms with van der Waals surface area (Å²) in [6.45, 7) is 7.10. The maximum absolute atomic E-state index is 12.0. The Bertz CT molecular complexity index is 516. The van der Waals surface area contributed by atoms with Gasteiger partial charge in [-0.1, -0.05) is 24.3 Å². The lowest BCUT2D eigenvalue weighted by Crippen LogP contribution is -2.42. The first-order chi connectivity index (χ1) is 10.7. The van der Waals surface area contributed by atoms with E-state index in [0.29, 0.717) is 11.4 Å². The molecule has 0 radical (unpaired) electrons. The Labute approximate surface area is 138 Å². The molecule has 1 amide bonds. The molecule has 0 spiro atoms. The van der Waals surface area contributed by atoms with Crippen LogP contribution in [0.3, 0.4) is 0 Å². The Kier molecular flexibility index (Phi) is 5.71. The zero-order valence-electron chi connectivity index (χ0n) is 14.2. The van der Waals surface area contributed by atoms with Crippen molar-refractivity contribution in [1.82, 2.24) is 4.90 Å². The van der Waals surface area contributed by atoms with Gasteiger partial charge in [-0.25, -0.2) is 4.79 Å². The largest absolute Gasteiger partial charge is 0.488 e. The molecule has 1 aromatic carbocycles. The monoisotopic (exact) mass is 319 g/mol. The number of carbonyl (C=O) groups excluding carboxylic acids is 1. The predicted octanol–water partition coefficient (Wildman–Crippen LogP) is 1.56. The topological polar surface area (TPSA) is 70.0 Å². The molecule has 0 aliphatic carbocycles. The molecule has 5 nitrogen and oxygen atoms in total. The van der Waals surface area contributed by atoms with Crippen LogP contribution >= 0.6 is 0 Å². The highest BCUT2D eigenvalue weighted by atomic mass is 16.6. The normalized spacial score (nSPS) is 16.3. The van der Waals surface area contributed by atoms with Crippen LogP contribution in [0.15, 0.2) is 24.3 Å². The minimum absolute atomic E-state index is 0.225. The number of rotatable bonds is 3. The summed E-state index contributed by atoms with van der Waals surface area (Å²) in [7, 11) is -1.42. The smallest absolute Gasteiger partial charge is 0.444 e. The van der Waals surface area contributed by atoms with E-state index < -0.39 is 12.7 Å². The van der Waals surface area contributed by atoms with Gasteiger partial charge in [-0.05, 0) is 57.0 Å². The third-order valence-electron chi connectivity index (χ3n) is 4.07. The van der Waals surface area contributed by atoms with Gasteiger partial charge >= 0.3 is 13.2 Å². The molecule has 1 fully saturated rings. The molecular weight excluding hydrogens is 293 g/mol. The van der Waals surface area contributed by atoms with Gasteiger partial charge in [0.25, 0.3) is 0 Å². The second kappa shape index (κ2) is 7.36. The minimum Gasteiger partial charge on any atom is -0.444 e. The molecule has 23 heavy (non-hydrogen) atoms. The van der Waals surface area contributed by atoms with Crippen molar-refractivity contribution in [3.8, 4) is 0 Å². The molecule has 0 unspecified atom stereocenters. The zero-order valence-corrected chi connectivity index (χ0v) is 14.2. The molecule has 2 N–H and O–H groups in total. The highest BCUT2D eigenvalue weighted by Crippen LogP contribution is 2.23. The molecule has 0 aromatic heterocycles. The van der Waals surface area contributed by atoms with Crippen LogP contribution in [0.4, 0.5) is 4.79 Å². The van der Waals surface area contributed by atoms with E-state index in [1.54, 1.807) is 17.0 Å². The van der Waals surface area contributed by atoms with E-state index in [4.69, 9.17) is 14.8 Å². The van der Waals surface area contributed by atoms with E-state index in [1.165, 1.54) is 5.56 Å². The molecule has 0 saturated carbocycles. The van der Waals surface area contributed by atoms with E-state index in [9.17, 15) is 4.79 Å². The van der Waals surface area contributed by atoms with E-state index >= 15 is 0 Å². The summed E-state index contributed by atoms with van der Waals surface area (Å²) < 4.78 is 5.41. The quantitative estimate of drug-likeness (QED) is 0.830. The molecule has 2 rings (SSSR count). The number of piperidine rings is 1. The number of benzene rings is 1. The SMILES string of the molecule is CC(C)(C)OC(=O)N1CCC(Cc2ccc(B(O)O)cc2)CC1. The van der Waals surface area contributed by atoms with Crippen LogP contribution in [0.2, 0.25) is 0 Å². The number of ether oxygens (including phenoxy) is 1. The van der Waals surface area contributed by atoms with E-state index in [2.05, 4.69) is 0 Å². The number of amides is 1. The third kappa shape index (κ3) is 5.55. The van der Waals surface area contributed by atoms with E-state index in [0.717, 1.165) is 32.4 Å². The van der Waals surface area contributed by atoms with Crippen LogP contribution in [0, 0.1) is 5.92 Å². The summed E-state index contributed by atoms with van der Waals surface area (Å²) in [5.74, 6) is 0.540. The molecule has 1 saturated heterocycles. The molecule has 0 bridgehead atoms. The standard InChI is InChI=1S/C17H26BNO4/c1-17(2,3)23-16(20)19-10-8-14(9-11-19)12-13-4-6-15(7-5-13)18(21)22/h4-7,14,21-22H,8-12H2,1-3H3. The van der Waals surface area contributed by atoms with Crippen molar-refractivity contribution in [2.45, 2.75) is 45.6 Å². The van der Waals surface area contributed by atoms with Gasteiger partial charge in [0.1, 0.15) is 5.60 Å². The fourth-order valence-corrected chi connectivity index (χ4v) is 2.81. The van der Waals surface area contributed by atoms with Crippen molar-refractivity contribution in [2.24, 2.45) is 5.92 Å². The van der Waals surface area contributed by atoms with Gasteiger partial charge in [0.05, 0.1) is 0 Å². The first-order valence-electron chi connectivity index (χ1n) is 8.17. The number of carbonyl (C=O) groups is 1. The van der Waals surface area contributed by atoms with Gasteiger partial charge < -0.3 is 19.7 Å². The van der Waals surface area contributed by atoms with E-state index in [1.807, 2.05) is 32.9 Å². The van der Waals surface area contributed by atoms with Gasteiger partial charge in [-0.15, -0.1) is 0 Å². The van der Waals surface area contributed by atoms with E-state index in [-0.39, 0.29) is 6.09 Å². The van der Waals surface area contributed by atoms with Gasteiger partial charge in [0, 0.05) is 13.1 Å². The molecule has 1 aliphatic rings. The Morgan fingerprint density at radius 3 is 2.26 bits per heavy atom. The fourth-order valence-electron chi connectivity index (χ4n) is 2.81. The molecule has 126 valence electrons. The number of hydrogen-bond acceptors (Lipinski definition) is 4. The van der Waals surface area contributed by atoms with Crippen LogP contribution < -0.4 is 5.46 Å². The maximum atomic E-state index is 12.0. The van der Waals surface area contributed by atoms with Crippen LogP contribution in [-0.4, -0.2) is 46.9 Å². The van der Waals surface area contributed by atoms with Crippen molar-refractivity contribution in [3.63, 3.8) is 0 Å². The van der Waals surface area contributed by atoms with Gasteiger partial charge in [0.15, 0.2) is 0 Å². The fraction of sp³-hybridized carbons (Fsp3) is 0.588. The average molecular weight is 319 g/mol. The summed E-state index contributed by atoms with van der Waals surface area (Å²) in [6, 6.07) is 7.37. The lowest BCUT2D eigenvalue weighted by Gasteiger charge is -2.33. The third-order valence-corrected chi connectivity index (χ3v) is 4.07. The van der Waals surface area contributed by atoms with Crippen LogP contribution in [-0.2, 0) is 11.2 Å². The Morgan fingerprint density at radius 1 is 1.22 bits per heavy atom. The summed E-state index contributed by atoms with van der Waals surface area (Å²) >= 11 is 0. The Balaban J connectivity index is 1.81. The maximum Gasteiger partial charge on any atom is 0.488 e. The number of nitrogens with zero attached hydrogens (tertiary/aromatic N) is 1. The number of hydrogen-bond donors (Lipinski definition) is 2. The van der Waals surface area contributed by atoms with Crippen molar-refractivity contribution in [3.05, 3.63) is 29.8 Å². The summed E-state index contributed by atoms with van der Waals surface area (Å²) in [5.41, 5.74) is 1.24. The molecule has 1 aromatic rings. The number of likely N-dealkylation sites (tertiary alicyclic amines) is 1. The van der Waals surface area contributed by atoms with Gasteiger partial charge in [-0.3, -0.25) is 0 Å². The molecule has 1 heterocycles. The van der Waals surface area contributed by atoms with Crippen LogP contribution in [0.1, 0.15) is 39.2 Å². The zero-order chi connectivity index (χ0) is 17.0. The average Bonchev–Trinajstić information content (AvgIpc) is 2.46. The first kappa shape index (κ1) is 17.8. The van der Waals surface area contributed by atoms with Crippen molar-refractivity contribution in [2.75, 3.05) is 13.1 Å². The predicted molar refractivity (Wildman–Crippen MR) is 90.5 cm³/mol. The molecule has 6 heteroatoms. The summed E-state index contributed by atoms with van der Waals surface area (Å²) in [4.78, 5) is 13.8. The summed E-state index contributed by atoms with van der Waals surface area (Å²) in [6.07, 6.45) is 2.65. The molecule has 0 atom stereocenters. The first-order valence-corrected chi connectivity index (χ1v) is 8.17. The second-order valence-corrected chi connectivity index (χ2v) is 7.23.